The standard InChI is InChI=1S/C12H24N2O2/c1-10-5-4-6-12(7-10,9-15)13-11(16)8-14(2)3/h10,15H,4-9H2,1-3H3,(H,13,16). The van der Waals surface area contributed by atoms with E-state index in [1.165, 1.54) is 6.42 Å². The highest BCUT2D eigenvalue weighted by Crippen LogP contribution is 2.31. The molecule has 0 saturated heterocycles. The van der Waals surface area contributed by atoms with Gasteiger partial charge < -0.3 is 15.3 Å². The molecule has 4 nitrogen and oxygen atoms in total. The Morgan fingerprint density at radius 1 is 1.56 bits per heavy atom. The molecule has 0 heterocycles. The number of nitrogens with one attached hydrogen (secondary N) is 1. The van der Waals surface area contributed by atoms with Gasteiger partial charge in [0.1, 0.15) is 0 Å². The van der Waals surface area contributed by atoms with Crippen molar-refractivity contribution in [3.63, 3.8) is 0 Å². The molecule has 1 rings (SSSR count). The summed E-state index contributed by atoms with van der Waals surface area (Å²) >= 11 is 0. The van der Waals surface area contributed by atoms with Crippen molar-refractivity contribution in [3.05, 3.63) is 0 Å². The number of hydrogen-bond acceptors (Lipinski definition) is 3. The van der Waals surface area contributed by atoms with Crippen LogP contribution in [-0.4, -0.2) is 48.7 Å². The van der Waals surface area contributed by atoms with E-state index in [0.717, 1.165) is 19.3 Å². The molecule has 2 atom stereocenters. The van der Waals surface area contributed by atoms with Crippen molar-refractivity contribution < 1.29 is 9.90 Å². The lowest BCUT2D eigenvalue weighted by molar-refractivity contribution is -0.125. The summed E-state index contributed by atoms with van der Waals surface area (Å²) < 4.78 is 0. The molecule has 94 valence electrons. The van der Waals surface area contributed by atoms with Gasteiger partial charge in [0.2, 0.25) is 5.91 Å². The summed E-state index contributed by atoms with van der Waals surface area (Å²) in [5.41, 5.74) is -0.370. The van der Waals surface area contributed by atoms with Gasteiger partial charge in [-0.25, -0.2) is 0 Å². The molecule has 0 bridgehead atoms. The third kappa shape index (κ3) is 3.76. The van der Waals surface area contributed by atoms with Crippen molar-refractivity contribution >= 4 is 5.91 Å². The lowest BCUT2D eigenvalue weighted by Gasteiger charge is -2.39. The van der Waals surface area contributed by atoms with E-state index in [0.29, 0.717) is 12.5 Å². The zero-order valence-corrected chi connectivity index (χ0v) is 10.6. The molecule has 0 spiro atoms. The van der Waals surface area contributed by atoms with Crippen LogP contribution in [0, 0.1) is 5.92 Å². The Morgan fingerprint density at radius 3 is 2.75 bits per heavy atom. The summed E-state index contributed by atoms with van der Waals surface area (Å²) in [4.78, 5) is 13.6. The molecule has 2 N–H and O–H groups in total. The number of hydrogen-bond donors (Lipinski definition) is 2. The van der Waals surface area contributed by atoms with Crippen molar-refractivity contribution in [1.29, 1.82) is 0 Å². The number of rotatable bonds is 4. The minimum absolute atomic E-state index is 0.00755. The summed E-state index contributed by atoms with van der Waals surface area (Å²) in [7, 11) is 3.74. The van der Waals surface area contributed by atoms with Gasteiger partial charge in [-0.2, -0.15) is 0 Å². The van der Waals surface area contributed by atoms with Crippen molar-refractivity contribution in [1.82, 2.24) is 10.2 Å². The number of likely N-dealkylation sites (N-methyl/N-ethyl adjacent to an activating group) is 1. The molecule has 1 aliphatic carbocycles. The second kappa shape index (κ2) is 5.64. The summed E-state index contributed by atoms with van der Waals surface area (Å²) in [6.07, 6.45) is 4.07. The van der Waals surface area contributed by atoms with Gasteiger partial charge >= 0.3 is 0 Å². The van der Waals surface area contributed by atoms with E-state index >= 15 is 0 Å². The Labute approximate surface area is 98.0 Å². The van der Waals surface area contributed by atoms with Crippen LogP contribution in [-0.2, 0) is 4.79 Å². The van der Waals surface area contributed by atoms with Crippen LogP contribution in [0.15, 0.2) is 0 Å². The summed E-state index contributed by atoms with van der Waals surface area (Å²) in [6, 6.07) is 0. The van der Waals surface area contributed by atoms with Gasteiger partial charge in [0.25, 0.3) is 0 Å². The second-order valence-corrected chi connectivity index (χ2v) is 5.43. The van der Waals surface area contributed by atoms with Gasteiger partial charge in [0.15, 0.2) is 0 Å². The van der Waals surface area contributed by atoms with Gasteiger partial charge in [0, 0.05) is 0 Å². The van der Waals surface area contributed by atoms with E-state index in [1.54, 1.807) is 0 Å². The van der Waals surface area contributed by atoms with Crippen LogP contribution in [0.1, 0.15) is 32.6 Å². The minimum atomic E-state index is -0.370. The number of aliphatic hydroxyl groups excluding tert-OH is 1. The Bertz CT molecular complexity index is 243. The normalized spacial score (nSPS) is 30.4. The smallest absolute Gasteiger partial charge is 0.234 e. The first-order valence-electron chi connectivity index (χ1n) is 6.04. The lowest BCUT2D eigenvalue weighted by atomic mass is 9.77. The third-order valence-corrected chi connectivity index (χ3v) is 3.26. The molecule has 1 amide bonds. The molecule has 16 heavy (non-hydrogen) atoms. The van der Waals surface area contributed by atoms with Crippen LogP contribution in [0.4, 0.5) is 0 Å². The molecule has 1 fully saturated rings. The molecule has 0 aromatic rings. The van der Waals surface area contributed by atoms with Gasteiger partial charge in [0.05, 0.1) is 18.7 Å². The molecular formula is C12H24N2O2. The molecule has 0 radical (unpaired) electrons. The van der Waals surface area contributed by atoms with E-state index in [2.05, 4.69) is 12.2 Å². The number of amides is 1. The number of nitrogens with zero attached hydrogens (tertiary/aromatic N) is 1. The van der Waals surface area contributed by atoms with Gasteiger partial charge in [-0.1, -0.05) is 19.8 Å². The molecule has 4 heteroatoms. The largest absolute Gasteiger partial charge is 0.394 e. The molecule has 0 aliphatic heterocycles. The van der Waals surface area contributed by atoms with Crippen LogP contribution in [0.3, 0.4) is 0 Å². The van der Waals surface area contributed by atoms with Crippen LogP contribution in [0.5, 0.6) is 0 Å². The number of carbonyl (C=O) groups excluding carboxylic acids is 1. The molecule has 1 aliphatic rings. The Hall–Kier alpha value is -0.610. The Kier molecular flexibility index (Phi) is 4.74. The molecule has 1 saturated carbocycles. The quantitative estimate of drug-likeness (QED) is 0.741. The van der Waals surface area contributed by atoms with Gasteiger partial charge in [-0.05, 0) is 32.9 Å². The average molecular weight is 228 g/mol. The van der Waals surface area contributed by atoms with Gasteiger partial charge in [-0.3, -0.25) is 4.79 Å². The van der Waals surface area contributed by atoms with Crippen LogP contribution in [0.2, 0.25) is 0 Å². The average Bonchev–Trinajstić information content (AvgIpc) is 2.16. The van der Waals surface area contributed by atoms with E-state index in [9.17, 15) is 9.90 Å². The highest BCUT2D eigenvalue weighted by molar-refractivity contribution is 5.78. The fraction of sp³-hybridized carbons (Fsp3) is 0.917. The zero-order chi connectivity index (χ0) is 12.2. The third-order valence-electron chi connectivity index (χ3n) is 3.26. The second-order valence-electron chi connectivity index (χ2n) is 5.43. The molecule has 0 aromatic carbocycles. The number of aliphatic hydroxyl groups is 1. The first-order chi connectivity index (χ1) is 7.47. The molecule has 2 unspecified atom stereocenters. The predicted molar refractivity (Wildman–Crippen MR) is 64.1 cm³/mol. The fourth-order valence-electron chi connectivity index (χ4n) is 2.58. The monoisotopic (exact) mass is 228 g/mol. The zero-order valence-electron chi connectivity index (χ0n) is 10.6. The van der Waals surface area contributed by atoms with Crippen molar-refractivity contribution in [2.24, 2.45) is 5.92 Å². The fourth-order valence-corrected chi connectivity index (χ4v) is 2.58. The first kappa shape index (κ1) is 13.5. The predicted octanol–water partition coefficient (Wildman–Crippen LogP) is 0.605. The summed E-state index contributed by atoms with van der Waals surface area (Å²) in [6.45, 7) is 2.62. The maximum absolute atomic E-state index is 11.7. The minimum Gasteiger partial charge on any atom is -0.394 e. The summed E-state index contributed by atoms with van der Waals surface area (Å²) in [5, 5.41) is 12.5. The maximum atomic E-state index is 11.7. The van der Waals surface area contributed by atoms with E-state index in [-0.39, 0.29) is 18.1 Å². The van der Waals surface area contributed by atoms with Crippen LogP contribution < -0.4 is 5.32 Å². The Morgan fingerprint density at radius 2 is 2.25 bits per heavy atom. The lowest BCUT2D eigenvalue weighted by Crippen LogP contribution is -2.55. The number of carbonyl (C=O) groups is 1. The van der Waals surface area contributed by atoms with Crippen molar-refractivity contribution in [2.45, 2.75) is 38.1 Å². The van der Waals surface area contributed by atoms with E-state index < -0.39 is 0 Å². The van der Waals surface area contributed by atoms with E-state index in [4.69, 9.17) is 0 Å². The maximum Gasteiger partial charge on any atom is 0.234 e. The van der Waals surface area contributed by atoms with Gasteiger partial charge in [-0.15, -0.1) is 0 Å². The van der Waals surface area contributed by atoms with Crippen LogP contribution in [0.25, 0.3) is 0 Å². The van der Waals surface area contributed by atoms with Crippen molar-refractivity contribution in [2.75, 3.05) is 27.2 Å². The van der Waals surface area contributed by atoms with E-state index in [1.807, 2.05) is 19.0 Å². The first-order valence-corrected chi connectivity index (χ1v) is 6.04. The SMILES string of the molecule is CC1CCCC(CO)(NC(=O)CN(C)C)C1. The van der Waals surface area contributed by atoms with Crippen LogP contribution >= 0.6 is 0 Å². The highest BCUT2D eigenvalue weighted by atomic mass is 16.3. The summed E-state index contributed by atoms with van der Waals surface area (Å²) in [5.74, 6) is 0.591. The molecule has 0 aromatic heterocycles. The Balaban J connectivity index is 2.55. The molecular weight excluding hydrogens is 204 g/mol. The van der Waals surface area contributed by atoms with Crippen molar-refractivity contribution in [3.8, 4) is 0 Å². The topological polar surface area (TPSA) is 52.6 Å². The highest BCUT2D eigenvalue weighted by Gasteiger charge is 2.35.